The van der Waals surface area contributed by atoms with Crippen LogP contribution in [0.1, 0.15) is 46.0 Å². The van der Waals surface area contributed by atoms with Gasteiger partial charge in [-0.3, -0.25) is 4.79 Å². The Morgan fingerprint density at radius 1 is 1.11 bits per heavy atom. The predicted octanol–water partition coefficient (Wildman–Crippen LogP) is 5.97. The summed E-state index contributed by atoms with van der Waals surface area (Å²) in [6, 6.07) is 16.5. The van der Waals surface area contributed by atoms with E-state index in [1.807, 2.05) is 43.3 Å². The number of rotatable bonds is 6. The van der Waals surface area contributed by atoms with Crippen molar-refractivity contribution in [3.8, 4) is 17.1 Å². The van der Waals surface area contributed by atoms with Crippen molar-refractivity contribution in [3.63, 3.8) is 0 Å². The van der Waals surface area contributed by atoms with E-state index in [0.29, 0.717) is 35.5 Å². The molecule has 0 bridgehead atoms. The third kappa shape index (κ3) is 4.18. The average Bonchev–Trinajstić information content (AvgIpc) is 2.89. The highest BCUT2D eigenvalue weighted by molar-refractivity contribution is 5.80. The summed E-state index contributed by atoms with van der Waals surface area (Å²) >= 11 is 0. The summed E-state index contributed by atoms with van der Waals surface area (Å²) in [6.07, 6.45) is 3.80. The topological polar surface area (TPSA) is 79.9 Å². The lowest BCUT2D eigenvalue weighted by atomic mass is 9.46. The first-order chi connectivity index (χ1) is 17.3. The Bertz CT molecular complexity index is 1310. The average molecular weight is 489 g/mol. The van der Waals surface area contributed by atoms with Gasteiger partial charge in [0, 0.05) is 17.0 Å². The summed E-state index contributed by atoms with van der Waals surface area (Å²) in [5, 5.41) is 21.4. The van der Waals surface area contributed by atoms with Gasteiger partial charge in [-0.05, 0) is 67.6 Å². The Labute approximate surface area is 212 Å². The molecule has 0 spiro atoms. The number of aliphatic hydroxyl groups excluding tert-OH is 2. The monoisotopic (exact) mass is 488 g/mol. The van der Waals surface area contributed by atoms with E-state index in [2.05, 4.69) is 13.5 Å². The largest absolute Gasteiger partial charge is 0.494 e. The fourth-order valence-electron chi connectivity index (χ4n) is 7.00. The van der Waals surface area contributed by atoms with E-state index in [9.17, 15) is 15.0 Å². The molecule has 2 saturated carbocycles. The summed E-state index contributed by atoms with van der Waals surface area (Å²) in [4.78, 5) is 12.8. The zero-order valence-electron chi connectivity index (χ0n) is 21.2. The van der Waals surface area contributed by atoms with Gasteiger partial charge in [-0.2, -0.15) is 0 Å². The van der Waals surface area contributed by atoms with Crippen LogP contribution in [0.3, 0.4) is 0 Å². The molecule has 3 aromatic rings. The maximum absolute atomic E-state index is 12.8. The van der Waals surface area contributed by atoms with Crippen LogP contribution < -0.4 is 10.2 Å². The first-order valence-electron chi connectivity index (χ1n) is 13.0. The van der Waals surface area contributed by atoms with E-state index in [-0.39, 0.29) is 29.3 Å². The molecule has 5 nitrogen and oxygen atoms in total. The fraction of sp³-hybridized carbons (Fsp3) is 0.452. The van der Waals surface area contributed by atoms with E-state index in [0.717, 1.165) is 31.2 Å². The van der Waals surface area contributed by atoms with Gasteiger partial charge in [0.25, 0.3) is 0 Å². The third-order valence-electron chi connectivity index (χ3n) is 9.13. The first-order valence-corrected chi connectivity index (χ1v) is 13.0. The number of allylic oxidation sites excluding steroid dienone is 1. The first kappa shape index (κ1) is 24.8. The van der Waals surface area contributed by atoms with Crippen molar-refractivity contribution < 1.29 is 19.4 Å². The van der Waals surface area contributed by atoms with E-state index < -0.39 is 11.5 Å². The van der Waals surface area contributed by atoms with Crippen molar-refractivity contribution in [2.24, 2.45) is 22.7 Å². The van der Waals surface area contributed by atoms with Gasteiger partial charge in [0.15, 0.2) is 5.43 Å². The molecule has 0 amide bonds. The Morgan fingerprint density at radius 2 is 1.89 bits per heavy atom. The second kappa shape index (κ2) is 9.53. The normalized spacial score (nSPS) is 30.2. The number of benzene rings is 2. The van der Waals surface area contributed by atoms with Crippen LogP contribution in [0, 0.1) is 22.7 Å². The summed E-state index contributed by atoms with van der Waals surface area (Å²) in [5.74, 6) is 1.68. The van der Waals surface area contributed by atoms with Crippen molar-refractivity contribution in [2.75, 3.05) is 13.2 Å². The molecule has 1 aromatic heterocycles. The summed E-state index contributed by atoms with van der Waals surface area (Å²) in [5.41, 5.74) is 2.02. The third-order valence-corrected chi connectivity index (χ3v) is 9.13. The summed E-state index contributed by atoms with van der Waals surface area (Å²) in [7, 11) is 0. The SMILES string of the molecule is C=C1CCC2[C@](C)(CO)[C@H](O)CC[C@@]2(C)[C@@H]1CCOc1ccc2oc(-c3ccccc3)cc(=O)c2c1. The molecule has 0 saturated heterocycles. The molecule has 2 aromatic carbocycles. The van der Waals surface area contributed by atoms with Gasteiger partial charge in [-0.25, -0.2) is 0 Å². The van der Waals surface area contributed by atoms with Crippen molar-refractivity contribution in [2.45, 2.75) is 52.1 Å². The maximum atomic E-state index is 12.8. The van der Waals surface area contributed by atoms with Crippen LogP contribution in [-0.2, 0) is 0 Å². The van der Waals surface area contributed by atoms with Gasteiger partial charge < -0.3 is 19.4 Å². The lowest BCUT2D eigenvalue weighted by Crippen LogP contribution is -2.57. The minimum Gasteiger partial charge on any atom is -0.494 e. The van der Waals surface area contributed by atoms with Crippen LogP contribution in [0.5, 0.6) is 5.75 Å². The molecule has 1 heterocycles. The second-order valence-electron chi connectivity index (χ2n) is 11.2. The minimum atomic E-state index is -0.488. The molecule has 0 radical (unpaired) electrons. The summed E-state index contributed by atoms with van der Waals surface area (Å²) < 4.78 is 12.1. The molecule has 2 aliphatic carbocycles. The minimum absolute atomic E-state index is 0.00419. The van der Waals surface area contributed by atoms with Crippen molar-refractivity contribution in [3.05, 3.63) is 77.0 Å². The Morgan fingerprint density at radius 3 is 2.64 bits per heavy atom. The fourth-order valence-corrected chi connectivity index (χ4v) is 7.00. The smallest absolute Gasteiger partial charge is 0.193 e. The van der Waals surface area contributed by atoms with E-state index in [1.165, 1.54) is 11.6 Å². The Hall–Kier alpha value is -2.89. The number of aliphatic hydroxyl groups is 2. The van der Waals surface area contributed by atoms with Crippen LogP contribution in [0.4, 0.5) is 0 Å². The molecule has 5 atom stereocenters. The highest BCUT2D eigenvalue weighted by Gasteiger charge is 2.57. The zero-order chi connectivity index (χ0) is 25.5. The molecule has 1 unspecified atom stereocenters. The highest BCUT2D eigenvalue weighted by Crippen LogP contribution is 2.61. The van der Waals surface area contributed by atoms with Gasteiger partial charge in [0.1, 0.15) is 17.1 Å². The van der Waals surface area contributed by atoms with Gasteiger partial charge in [0.2, 0.25) is 0 Å². The standard InChI is InChI=1S/C31H36O5/c1-20-9-12-28-30(2,15-13-29(34)31(28,3)19-32)24(20)14-16-35-22-10-11-26-23(17-22)25(33)18-27(36-26)21-7-5-4-6-8-21/h4-8,10-11,17-18,24,28-29,32,34H,1,9,12-16,19H2,2-3H3/t24-,28?,29-,30+,31+/m1/s1. The van der Waals surface area contributed by atoms with Gasteiger partial charge in [0.05, 0.1) is 24.7 Å². The van der Waals surface area contributed by atoms with Crippen LogP contribution in [0.15, 0.2) is 76.0 Å². The maximum Gasteiger partial charge on any atom is 0.193 e. The van der Waals surface area contributed by atoms with Crippen LogP contribution in [0.2, 0.25) is 0 Å². The number of hydrogen-bond donors (Lipinski definition) is 2. The van der Waals surface area contributed by atoms with E-state index in [4.69, 9.17) is 9.15 Å². The molecule has 5 heteroatoms. The molecule has 2 N–H and O–H groups in total. The van der Waals surface area contributed by atoms with Crippen molar-refractivity contribution in [1.29, 1.82) is 0 Å². The van der Waals surface area contributed by atoms with Crippen LogP contribution in [0.25, 0.3) is 22.3 Å². The molecular weight excluding hydrogens is 452 g/mol. The van der Waals surface area contributed by atoms with E-state index >= 15 is 0 Å². The van der Waals surface area contributed by atoms with Crippen LogP contribution >= 0.6 is 0 Å². The molecular formula is C31H36O5. The number of fused-ring (bicyclic) bond motifs is 2. The Balaban J connectivity index is 1.32. The second-order valence-corrected chi connectivity index (χ2v) is 11.2. The van der Waals surface area contributed by atoms with E-state index in [1.54, 1.807) is 12.1 Å². The highest BCUT2D eigenvalue weighted by atomic mass is 16.5. The number of hydrogen-bond acceptors (Lipinski definition) is 5. The predicted molar refractivity (Wildman–Crippen MR) is 142 cm³/mol. The zero-order valence-corrected chi connectivity index (χ0v) is 21.2. The molecule has 36 heavy (non-hydrogen) atoms. The van der Waals surface area contributed by atoms with Gasteiger partial charge in [-0.1, -0.05) is 56.3 Å². The molecule has 2 fully saturated rings. The van der Waals surface area contributed by atoms with Crippen LogP contribution in [-0.4, -0.2) is 29.5 Å². The van der Waals surface area contributed by atoms with Gasteiger partial charge >= 0.3 is 0 Å². The van der Waals surface area contributed by atoms with Crippen molar-refractivity contribution >= 4 is 11.0 Å². The molecule has 2 aliphatic rings. The Kier molecular flexibility index (Phi) is 6.56. The lowest BCUT2D eigenvalue weighted by molar-refractivity contribution is -0.152. The quantitative estimate of drug-likeness (QED) is 0.418. The lowest BCUT2D eigenvalue weighted by Gasteiger charge is -2.60. The summed E-state index contributed by atoms with van der Waals surface area (Å²) in [6.45, 7) is 9.24. The number of ether oxygens (including phenoxy) is 1. The molecule has 5 rings (SSSR count). The molecule has 0 aliphatic heterocycles. The molecule has 190 valence electrons. The van der Waals surface area contributed by atoms with Gasteiger partial charge in [-0.15, -0.1) is 0 Å². The van der Waals surface area contributed by atoms with Crippen molar-refractivity contribution in [1.82, 2.24) is 0 Å².